The van der Waals surface area contributed by atoms with Gasteiger partial charge in [0.15, 0.2) is 12.1 Å². The fourth-order valence-electron chi connectivity index (χ4n) is 2.33. The number of aromatic nitrogens is 4. The molecule has 0 radical (unpaired) electrons. The van der Waals surface area contributed by atoms with E-state index in [-0.39, 0.29) is 11.4 Å². The molecule has 0 aliphatic heterocycles. The number of nitrogens with zero attached hydrogens (tertiary/aromatic N) is 5. The van der Waals surface area contributed by atoms with Gasteiger partial charge in [0.1, 0.15) is 5.75 Å². The van der Waals surface area contributed by atoms with Crippen molar-refractivity contribution in [2.24, 2.45) is 0 Å². The van der Waals surface area contributed by atoms with Gasteiger partial charge in [-0.15, -0.1) is 5.10 Å². The van der Waals surface area contributed by atoms with Crippen LogP contribution in [0.25, 0.3) is 0 Å². The van der Waals surface area contributed by atoms with Crippen molar-refractivity contribution < 1.29 is 19.2 Å². The lowest BCUT2D eigenvalue weighted by Crippen LogP contribution is -2.20. The first-order valence-electron chi connectivity index (χ1n) is 7.96. The fourth-order valence-corrected chi connectivity index (χ4v) is 2.33. The zero-order valence-corrected chi connectivity index (χ0v) is 14.3. The first-order valence-corrected chi connectivity index (χ1v) is 7.96. The number of carbonyl (C=O) groups excluding carboxylic acids is 1. The van der Waals surface area contributed by atoms with Crippen LogP contribution < -0.4 is 4.74 Å². The van der Waals surface area contributed by atoms with Crippen molar-refractivity contribution in [1.82, 2.24) is 20.2 Å². The highest BCUT2D eigenvalue weighted by molar-refractivity contribution is 5.64. The number of ether oxygens (including phenoxy) is 2. The molecule has 0 aliphatic rings. The van der Waals surface area contributed by atoms with E-state index in [4.69, 9.17) is 9.47 Å². The Morgan fingerprint density at radius 2 is 1.89 bits per heavy atom. The molecule has 0 bridgehead atoms. The van der Waals surface area contributed by atoms with Gasteiger partial charge >= 0.3 is 6.16 Å². The van der Waals surface area contributed by atoms with Gasteiger partial charge in [-0.05, 0) is 35.0 Å². The number of nitro groups is 1. The molecule has 0 fully saturated rings. The normalized spacial score (nSPS) is 11.6. The number of benzene rings is 2. The summed E-state index contributed by atoms with van der Waals surface area (Å²) in [5.41, 5.74) is 0.900. The van der Waals surface area contributed by atoms with Gasteiger partial charge in [0.25, 0.3) is 5.69 Å². The van der Waals surface area contributed by atoms with Crippen molar-refractivity contribution in [3.8, 4) is 5.75 Å². The second-order valence-electron chi connectivity index (χ2n) is 5.52. The van der Waals surface area contributed by atoms with Crippen LogP contribution in [0.3, 0.4) is 0 Å². The number of nitro benzene ring substituents is 1. The topological polar surface area (TPSA) is 122 Å². The third kappa shape index (κ3) is 4.63. The maximum atomic E-state index is 11.9. The fraction of sp³-hybridized carbons (Fsp3) is 0.176. The van der Waals surface area contributed by atoms with Gasteiger partial charge in [-0.3, -0.25) is 10.1 Å². The second kappa shape index (κ2) is 8.04. The molecule has 0 N–H and O–H groups in total. The van der Waals surface area contributed by atoms with Crippen LogP contribution in [-0.2, 0) is 11.2 Å². The average molecular weight is 369 g/mol. The number of hydrogen-bond donors (Lipinski definition) is 0. The average Bonchev–Trinajstić information content (AvgIpc) is 3.11. The Morgan fingerprint density at radius 3 is 2.56 bits per heavy atom. The van der Waals surface area contributed by atoms with Crippen molar-refractivity contribution in [2.45, 2.75) is 19.6 Å². The summed E-state index contributed by atoms with van der Waals surface area (Å²) in [5.74, 6) is 0.649. The van der Waals surface area contributed by atoms with Gasteiger partial charge in [-0.1, -0.05) is 30.3 Å². The van der Waals surface area contributed by atoms with E-state index in [1.54, 1.807) is 6.92 Å². The minimum absolute atomic E-state index is 0.108. The van der Waals surface area contributed by atoms with Gasteiger partial charge in [-0.25, -0.2) is 4.79 Å². The molecule has 1 unspecified atom stereocenters. The Bertz CT molecular complexity index is 926. The lowest BCUT2D eigenvalue weighted by atomic mass is 10.1. The van der Waals surface area contributed by atoms with Crippen LogP contribution in [-0.4, -0.2) is 31.3 Å². The zero-order valence-electron chi connectivity index (χ0n) is 14.3. The number of carbonyl (C=O) groups is 1. The van der Waals surface area contributed by atoms with E-state index in [0.717, 1.165) is 5.56 Å². The summed E-state index contributed by atoms with van der Waals surface area (Å²) < 4.78 is 11.6. The molecule has 1 heterocycles. The lowest BCUT2D eigenvalue weighted by Gasteiger charge is -2.14. The highest BCUT2D eigenvalue weighted by atomic mass is 16.7. The molecule has 10 nitrogen and oxygen atoms in total. The minimum atomic E-state index is -0.975. The number of non-ortho nitro benzene ring substituents is 1. The summed E-state index contributed by atoms with van der Waals surface area (Å²) in [6, 6.07) is 14.7. The Kier molecular flexibility index (Phi) is 5.36. The first kappa shape index (κ1) is 18.0. The van der Waals surface area contributed by atoms with Crippen LogP contribution in [0, 0.1) is 10.1 Å². The molecule has 27 heavy (non-hydrogen) atoms. The quantitative estimate of drug-likeness (QED) is 0.281. The van der Waals surface area contributed by atoms with E-state index in [0.29, 0.717) is 12.2 Å². The molecule has 0 spiro atoms. The van der Waals surface area contributed by atoms with Gasteiger partial charge in [0, 0.05) is 18.6 Å². The van der Waals surface area contributed by atoms with Crippen LogP contribution in [0.5, 0.6) is 5.75 Å². The van der Waals surface area contributed by atoms with Crippen LogP contribution >= 0.6 is 0 Å². The molecule has 1 atom stereocenters. The zero-order chi connectivity index (χ0) is 19.2. The standard InChI is InChI=1S/C17H15N5O5/c1-12(21-16(18-19-20-21)11-13-5-3-2-4-6-13)26-17(23)27-15-9-7-14(8-10-15)22(24)25/h2-10,12H,11H2,1H3. The summed E-state index contributed by atoms with van der Waals surface area (Å²) in [5, 5.41) is 22.1. The molecule has 0 saturated heterocycles. The highest BCUT2D eigenvalue weighted by Crippen LogP contribution is 2.19. The summed E-state index contributed by atoms with van der Waals surface area (Å²) in [7, 11) is 0. The van der Waals surface area contributed by atoms with E-state index in [2.05, 4.69) is 15.5 Å². The Morgan fingerprint density at radius 1 is 1.19 bits per heavy atom. The largest absolute Gasteiger partial charge is 0.515 e. The molecular weight excluding hydrogens is 354 g/mol. The molecule has 3 rings (SSSR count). The monoisotopic (exact) mass is 369 g/mol. The summed E-state index contributed by atoms with van der Waals surface area (Å²) in [4.78, 5) is 22.0. The van der Waals surface area contributed by atoms with Crippen LogP contribution in [0.2, 0.25) is 0 Å². The third-order valence-corrected chi connectivity index (χ3v) is 3.63. The van der Waals surface area contributed by atoms with Crippen LogP contribution in [0.1, 0.15) is 24.5 Å². The molecule has 0 saturated carbocycles. The maximum Gasteiger partial charge on any atom is 0.515 e. The van der Waals surface area contributed by atoms with Gasteiger partial charge in [-0.2, -0.15) is 4.68 Å². The third-order valence-electron chi connectivity index (χ3n) is 3.63. The van der Waals surface area contributed by atoms with Gasteiger partial charge in [0.05, 0.1) is 4.92 Å². The SMILES string of the molecule is CC(OC(=O)Oc1ccc([N+](=O)[O-])cc1)n1nnnc1Cc1ccccc1. The van der Waals surface area contributed by atoms with E-state index in [9.17, 15) is 14.9 Å². The number of tetrazole rings is 1. The molecule has 2 aromatic carbocycles. The Balaban J connectivity index is 1.62. The molecule has 10 heteroatoms. The molecule has 0 amide bonds. The summed E-state index contributed by atoms with van der Waals surface area (Å²) in [6.45, 7) is 1.60. The van der Waals surface area contributed by atoms with Crippen molar-refractivity contribution in [3.05, 3.63) is 76.1 Å². The van der Waals surface area contributed by atoms with E-state index in [1.807, 2.05) is 30.3 Å². The van der Waals surface area contributed by atoms with Crippen molar-refractivity contribution in [3.63, 3.8) is 0 Å². The lowest BCUT2D eigenvalue weighted by molar-refractivity contribution is -0.384. The molecule has 1 aromatic heterocycles. The smallest absolute Gasteiger partial charge is 0.408 e. The predicted octanol–water partition coefficient (Wildman–Crippen LogP) is 2.91. The summed E-state index contributed by atoms with van der Waals surface area (Å²) >= 11 is 0. The molecule has 0 aliphatic carbocycles. The first-order chi connectivity index (χ1) is 13.0. The van der Waals surface area contributed by atoms with Crippen molar-refractivity contribution in [1.29, 1.82) is 0 Å². The summed E-state index contributed by atoms with van der Waals surface area (Å²) in [6.07, 6.45) is -1.30. The number of hydrogen-bond acceptors (Lipinski definition) is 8. The molecule has 3 aromatic rings. The maximum absolute atomic E-state index is 11.9. The predicted molar refractivity (Wildman–Crippen MR) is 92.0 cm³/mol. The minimum Gasteiger partial charge on any atom is -0.408 e. The van der Waals surface area contributed by atoms with Gasteiger partial charge in [0.2, 0.25) is 0 Å². The number of rotatable bonds is 6. The van der Waals surface area contributed by atoms with Crippen molar-refractivity contribution >= 4 is 11.8 Å². The van der Waals surface area contributed by atoms with E-state index >= 15 is 0 Å². The van der Waals surface area contributed by atoms with Gasteiger partial charge < -0.3 is 9.47 Å². The Hall–Kier alpha value is -3.82. The second-order valence-corrected chi connectivity index (χ2v) is 5.52. The van der Waals surface area contributed by atoms with Crippen LogP contribution in [0.15, 0.2) is 54.6 Å². The Labute approximate surface area is 153 Å². The van der Waals surface area contributed by atoms with E-state index in [1.165, 1.54) is 28.9 Å². The highest BCUT2D eigenvalue weighted by Gasteiger charge is 2.19. The molecule has 138 valence electrons. The van der Waals surface area contributed by atoms with E-state index < -0.39 is 17.3 Å². The molecular formula is C17H15N5O5. The van der Waals surface area contributed by atoms with Crippen LogP contribution in [0.4, 0.5) is 10.5 Å². The van der Waals surface area contributed by atoms with Crippen molar-refractivity contribution in [2.75, 3.05) is 0 Å².